The van der Waals surface area contributed by atoms with Crippen molar-refractivity contribution < 1.29 is 14.0 Å². The number of carbonyl (C=O) groups excluding carboxylic acids is 2. The highest BCUT2D eigenvalue weighted by atomic mass is 16.3. The molecular formula is C17H19N3O3. The third-order valence-electron chi connectivity index (χ3n) is 4.00. The summed E-state index contributed by atoms with van der Waals surface area (Å²) in [6, 6.07) is 10.5. The second-order valence-electron chi connectivity index (χ2n) is 5.58. The summed E-state index contributed by atoms with van der Waals surface area (Å²) >= 11 is 0. The average Bonchev–Trinajstić information content (AvgIpc) is 3.01. The summed E-state index contributed by atoms with van der Waals surface area (Å²) in [5.74, 6) is 0.824. The van der Waals surface area contributed by atoms with E-state index in [0.29, 0.717) is 49.0 Å². The highest BCUT2D eigenvalue weighted by molar-refractivity contribution is 5.99. The molecule has 0 spiro atoms. The molecule has 0 atom stereocenters. The molecule has 0 bridgehead atoms. The molecule has 2 aromatic rings. The molecule has 2 amide bonds. The van der Waals surface area contributed by atoms with Crippen LogP contribution >= 0.6 is 0 Å². The standard InChI is InChI=1S/C17H19N3O3/c1-12-6-7-15(23-12)17(22)20-10-8-19(9-11-20)16(21)13-4-2-3-5-14(13)18/h2-7H,8-11,18H2,1H3. The van der Waals surface area contributed by atoms with E-state index in [1.165, 1.54) is 0 Å². The Kier molecular flexibility index (Phi) is 4.06. The Morgan fingerprint density at radius 2 is 1.57 bits per heavy atom. The summed E-state index contributed by atoms with van der Waals surface area (Å²) in [6.45, 7) is 3.74. The molecule has 120 valence electrons. The van der Waals surface area contributed by atoms with Gasteiger partial charge in [-0.1, -0.05) is 12.1 Å². The maximum absolute atomic E-state index is 12.5. The number of nitrogens with two attached hydrogens (primary N) is 1. The predicted molar refractivity (Wildman–Crippen MR) is 86.1 cm³/mol. The highest BCUT2D eigenvalue weighted by Crippen LogP contribution is 2.16. The van der Waals surface area contributed by atoms with Crippen LogP contribution in [0.15, 0.2) is 40.8 Å². The molecule has 2 heterocycles. The van der Waals surface area contributed by atoms with E-state index in [1.54, 1.807) is 53.1 Å². The number of rotatable bonds is 2. The van der Waals surface area contributed by atoms with Crippen molar-refractivity contribution in [3.05, 3.63) is 53.5 Å². The van der Waals surface area contributed by atoms with Crippen LogP contribution in [0, 0.1) is 6.92 Å². The van der Waals surface area contributed by atoms with Gasteiger partial charge in [0.15, 0.2) is 5.76 Å². The summed E-state index contributed by atoms with van der Waals surface area (Å²) in [5.41, 5.74) is 6.84. The second-order valence-corrected chi connectivity index (χ2v) is 5.58. The Balaban J connectivity index is 1.63. The van der Waals surface area contributed by atoms with Crippen LogP contribution in [0.2, 0.25) is 0 Å². The first-order valence-corrected chi connectivity index (χ1v) is 7.56. The van der Waals surface area contributed by atoms with Crippen LogP contribution in [0.1, 0.15) is 26.7 Å². The minimum Gasteiger partial charge on any atom is -0.456 e. The lowest BCUT2D eigenvalue weighted by molar-refractivity contribution is 0.0518. The maximum atomic E-state index is 12.5. The van der Waals surface area contributed by atoms with Crippen LogP contribution in [-0.4, -0.2) is 47.8 Å². The van der Waals surface area contributed by atoms with Gasteiger partial charge in [-0.05, 0) is 31.2 Å². The number of piperazine rings is 1. The number of benzene rings is 1. The normalized spacial score (nSPS) is 14.8. The van der Waals surface area contributed by atoms with Crippen LogP contribution in [0.5, 0.6) is 0 Å². The molecule has 1 aliphatic rings. The number of anilines is 1. The Morgan fingerprint density at radius 1 is 0.957 bits per heavy atom. The van der Waals surface area contributed by atoms with Crippen molar-refractivity contribution >= 4 is 17.5 Å². The summed E-state index contributed by atoms with van der Waals surface area (Å²) in [7, 11) is 0. The van der Waals surface area contributed by atoms with Gasteiger partial charge in [-0.15, -0.1) is 0 Å². The monoisotopic (exact) mass is 313 g/mol. The van der Waals surface area contributed by atoms with Crippen LogP contribution < -0.4 is 5.73 Å². The van der Waals surface area contributed by atoms with Gasteiger partial charge in [-0.3, -0.25) is 9.59 Å². The minimum absolute atomic E-state index is 0.0935. The number of aryl methyl sites for hydroxylation is 1. The van der Waals surface area contributed by atoms with Gasteiger partial charge >= 0.3 is 0 Å². The van der Waals surface area contributed by atoms with Gasteiger partial charge in [0.05, 0.1) is 5.56 Å². The van der Waals surface area contributed by atoms with E-state index in [1.807, 2.05) is 0 Å². The SMILES string of the molecule is Cc1ccc(C(=O)N2CCN(C(=O)c3ccccc3N)CC2)o1. The van der Waals surface area contributed by atoms with E-state index in [9.17, 15) is 9.59 Å². The molecule has 2 N–H and O–H groups in total. The van der Waals surface area contributed by atoms with E-state index in [4.69, 9.17) is 10.2 Å². The topological polar surface area (TPSA) is 79.8 Å². The van der Waals surface area contributed by atoms with Gasteiger partial charge in [0.2, 0.25) is 0 Å². The Morgan fingerprint density at radius 3 is 2.13 bits per heavy atom. The number of hydrogen-bond acceptors (Lipinski definition) is 4. The van der Waals surface area contributed by atoms with Crippen LogP contribution in [0.25, 0.3) is 0 Å². The molecule has 1 aromatic carbocycles. The van der Waals surface area contributed by atoms with Crippen molar-refractivity contribution in [3.8, 4) is 0 Å². The van der Waals surface area contributed by atoms with Gasteiger partial charge < -0.3 is 20.0 Å². The van der Waals surface area contributed by atoms with E-state index in [-0.39, 0.29) is 11.8 Å². The molecule has 1 fully saturated rings. The van der Waals surface area contributed by atoms with Gasteiger partial charge in [-0.25, -0.2) is 0 Å². The average molecular weight is 313 g/mol. The zero-order valence-electron chi connectivity index (χ0n) is 13.0. The fourth-order valence-electron chi connectivity index (χ4n) is 2.68. The van der Waals surface area contributed by atoms with E-state index in [0.717, 1.165) is 0 Å². The molecule has 3 rings (SSSR count). The molecule has 0 radical (unpaired) electrons. The maximum Gasteiger partial charge on any atom is 0.289 e. The summed E-state index contributed by atoms with van der Waals surface area (Å²) < 4.78 is 5.37. The summed E-state index contributed by atoms with van der Waals surface area (Å²) in [4.78, 5) is 28.2. The molecule has 6 nitrogen and oxygen atoms in total. The van der Waals surface area contributed by atoms with Gasteiger partial charge in [-0.2, -0.15) is 0 Å². The number of furan rings is 1. The molecule has 1 aliphatic heterocycles. The first kappa shape index (κ1) is 15.1. The lowest BCUT2D eigenvalue weighted by atomic mass is 10.1. The second kappa shape index (κ2) is 6.16. The zero-order chi connectivity index (χ0) is 16.4. The van der Waals surface area contributed by atoms with Gasteiger partial charge in [0.1, 0.15) is 5.76 Å². The lowest BCUT2D eigenvalue weighted by Gasteiger charge is -2.34. The Hall–Kier alpha value is -2.76. The molecule has 6 heteroatoms. The van der Waals surface area contributed by atoms with E-state index >= 15 is 0 Å². The molecule has 0 unspecified atom stereocenters. The van der Waals surface area contributed by atoms with Crippen LogP contribution in [0.4, 0.5) is 5.69 Å². The number of hydrogen-bond donors (Lipinski definition) is 1. The minimum atomic E-state index is -0.135. The molecule has 0 aliphatic carbocycles. The van der Waals surface area contributed by atoms with Crippen molar-refractivity contribution in [2.75, 3.05) is 31.9 Å². The number of carbonyl (C=O) groups is 2. The molecule has 1 aromatic heterocycles. The van der Waals surface area contributed by atoms with Crippen LogP contribution in [0.3, 0.4) is 0 Å². The smallest absolute Gasteiger partial charge is 0.289 e. The zero-order valence-corrected chi connectivity index (χ0v) is 13.0. The number of nitrogens with zero attached hydrogens (tertiary/aromatic N) is 2. The largest absolute Gasteiger partial charge is 0.456 e. The van der Waals surface area contributed by atoms with Gasteiger partial charge in [0.25, 0.3) is 11.8 Å². The van der Waals surface area contributed by atoms with Crippen molar-refractivity contribution in [1.82, 2.24) is 9.80 Å². The number of amides is 2. The Labute approximate surface area is 134 Å². The molecule has 0 saturated carbocycles. The first-order chi connectivity index (χ1) is 11.1. The van der Waals surface area contributed by atoms with E-state index < -0.39 is 0 Å². The van der Waals surface area contributed by atoms with Crippen molar-refractivity contribution in [1.29, 1.82) is 0 Å². The quantitative estimate of drug-likeness (QED) is 0.857. The molecule has 23 heavy (non-hydrogen) atoms. The molecule has 1 saturated heterocycles. The first-order valence-electron chi connectivity index (χ1n) is 7.56. The lowest BCUT2D eigenvalue weighted by Crippen LogP contribution is -2.50. The highest BCUT2D eigenvalue weighted by Gasteiger charge is 2.27. The summed E-state index contributed by atoms with van der Waals surface area (Å²) in [6.07, 6.45) is 0. The number of para-hydroxylation sites is 1. The molecular weight excluding hydrogens is 294 g/mol. The third-order valence-corrected chi connectivity index (χ3v) is 4.00. The van der Waals surface area contributed by atoms with Crippen LogP contribution in [-0.2, 0) is 0 Å². The predicted octanol–water partition coefficient (Wildman–Crippen LogP) is 1.77. The number of nitrogen functional groups attached to an aromatic ring is 1. The van der Waals surface area contributed by atoms with Crippen molar-refractivity contribution in [2.24, 2.45) is 0 Å². The van der Waals surface area contributed by atoms with Crippen molar-refractivity contribution in [2.45, 2.75) is 6.92 Å². The van der Waals surface area contributed by atoms with Crippen molar-refractivity contribution in [3.63, 3.8) is 0 Å². The summed E-state index contributed by atoms with van der Waals surface area (Å²) in [5, 5.41) is 0. The van der Waals surface area contributed by atoms with Gasteiger partial charge in [0, 0.05) is 31.9 Å². The Bertz CT molecular complexity index is 730. The van der Waals surface area contributed by atoms with E-state index in [2.05, 4.69) is 0 Å². The fraction of sp³-hybridized carbons (Fsp3) is 0.294. The fourth-order valence-corrected chi connectivity index (χ4v) is 2.68. The third kappa shape index (κ3) is 3.06.